The molecule has 0 aliphatic rings. The number of carbonyl (C=O) groups is 1. The number of carbonyl (C=O) groups excluding carboxylic acids is 1. The van der Waals surface area contributed by atoms with Gasteiger partial charge in [-0.05, 0) is 36.1 Å². The Morgan fingerprint density at radius 2 is 1.85 bits per heavy atom. The summed E-state index contributed by atoms with van der Waals surface area (Å²) >= 11 is 5.97. The smallest absolute Gasteiger partial charge is 0.306 e. The number of esters is 1. The van der Waals surface area contributed by atoms with Gasteiger partial charge >= 0.3 is 5.97 Å². The molecule has 1 unspecified atom stereocenters. The van der Waals surface area contributed by atoms with Gasteiger partial charge in [0.2, 0.25) is 0 Å². The first-order valence-electron chi connectivity index (χ1n) is 8.65. The molecule has 1 atom stereocenters. The second-order valence-electron chi connectivity index (χ2n) is 6.13. The van der Waals surface area contributed by atoms with E-state index in [4.69, 9.17) is 16.3 Å². The van der Waals surface area contributed by atoms with Crippen LogP contribution < -0.4 is 0 Å². The van der Waals surface area contributed by atoms with Crippen molar-refractivity contribution in [2.75, 3.05) is 0 Å². The van der Waals surface area contributed by atoms with Gasteiger partial charge in [-0.15, -0.1) is 12.4 Å². The van der Waals surface area contributed by atoms with E-state index in [-0.39, 0.29) is 24.5 Å². The largest absolute Gasteiger partial charge is 0.456 e. The lowest BCUT2D eigenvalue weighted by Gasteiger charge is -2.19. The second-order valence-corrected chi connectivity index (χ2v) is 6.57. The van der Waals surface area contributed by atoms with Crippen molar-refractivity contribution in [1.82, 2.24) is 9.55 Å². The lowest BCUT2D eigenvalue weighted by atomic mass is 10.1. The van der Waals surface area contributed by atoms with Crippen molar-refractivity contribution in [3.05, 3.63) is 89.5 Å². The minimum absolute atomic E-state index is 0. The molecular formula is C21H22Cl2N2O2. The van der Waals surface area contributed by atoms with E-state index in [1.165, 1.54) is 5.56 Å². The molecule has 0 aliphatic carbocycles. The summed E-state index contributed by atoms with van der Waals surface area (Å²) in [5, 5.41) is 0.657. The molecule has 2 aromatic carbocycles. The number of nitrogens with zero attached hydrogens (tertiary/aromatic N) is 2. The van der Waals surface area contributed by atoms with E-state index in [1.807, 2.05) is 41.1 Å². The van der Waals surface area contributed by atoms with Gasteiger partial charge in [-0.1, -0.05) is 54.1 Å². The summed E-state index contributed by atoms with van der Waals surface area (Å²) in [5.41, 5.74) is 2.15. The van der Waals surface area contributed by atoms with Crippen LogP contribution in [0.4, 0.5) is 0 Å². The summed E-state index contributed by atoms with van der Waals surface area (Å²) in [6.45, 7) is 0.520. The lowest BCUT2D eigenvalue weighted by Crippen LogP contribution is -2.16. The van der Waals surface area contributed by atoms with Crippen LogP contribution in [0.2, 0.25) is 5.02 Å². The molecule has 3 rings (SSSR count). The Kier molecular flexibility index (Phi) is 8.37. The molecule has 1 aromatic heterocycles. The normalized spacial score (nSPS) is 11.4. The van der Waals surface area contributed by atoms with Crippen LogP contribution in [0.1, 0.15) is 30.1 Å². The zero-order valence-electron chi connectivity index (χ0n) is 14.8. The van der Waals surface area contributed by atoms with E-state index in [9.17, 15) is 4.79 Å². The Morgan fingerprint density at radius 1 is 1.11 bits per heavy atom. The average Bonchev–Trinajstić information content (AvgIpc) is 3.16. The van der Waals surface area contributed by atoms with Crippen molar-refractivity contribution < 1.29 is 9.53 Å². The van der Waals surface area contributed by atoms with E-state index < -0.39 is 0 Å². The van der Waals surface area contributed by atoms with Crippen molar-refractivity contribution >= 4 is 30.0 Å². The highest BCUT2D eigenvalue weighted by molar-refractivity contribution is 6.30. The van der Waals surface area contributed by atoms with Gasteiger partial charge in [-0.25, -0.2) is 4.98 Å². The molecule has 0 saturated carbocycles. The minimum atomic E-state index is -0.370. The molecule has 4 nitrogen and oxygen atoms in total. The monoisotopic (exact) mass is 404 g/mol. The van der Waals surface area contributed by atoms with Crippen molar-refractivity contribution in [3.8, 4) is 0 Å². The maximum atomic E-state index is 12.3. The highest BCUT2D eigenvalue weighted by atomic mass is 35.5. The maximum Gasteiger partial charge on any atom is 0.306 e. The Bertz CT molecular complexity index is 806. The van der Waals surface area contributed by atoms with Gasteiger partial charge in [-0.2, -0.15) is 0 Å². The standard InChI is InChI=1S/C21H21ClN2O2.ClH/c22-19-11-9-18(10-12-19)20(15-24-14-13-23-16-24)26-21(25)8-4-7-17-5-2-1-3-6-17;/h1-3,5-6,9-14,16,20H,4,7-8,15H2;1H. The number of aromatic nitrogens is 2. The Hall–Kier alpha value is -2.30. The van der Waals surface area contributed by atoms with Gasteiger partial charge in [0.25, 0.3) is 0 Å². The van der Waals surface area contributed by atoms with Crippen LogP contribution in [0.25, 0.3) is 0 Å². The number of benzene rings is 2. The second kappa shape index (κ2) is 10.8. The average molecular weight is 405 g/mol. The molecule has 0 saturated heterocycles. The third-order valence-corrected chi connectivity index (χ3v) is 4.39. The zero-order valence-corrected chi connectivity index (χ0v) is 16.4. The van der Waals surface area contributed by atoms with Gasteiger partial charge in [0, 0.05) is 23.8 Å². The van der Waals surface area contributed by atoms with Crippen molar-refractivity contribution in [2.45, 2.75) is 31.9 Å². The molecular weight excluding hydrogens is 383 g/mol. The van der Waals surface area contributed by atoms with E-state index in [0.717, 1.165) is 18.4 Å². The lowest BCUT2D eigenvalue weighted by molar-refractivity contribution is -0.150. The first-order valence-corrected chi connectivity index (χ1v) is 9.03. The minimum Gasteiger partial charge on any atom is -0.456 e. The molecule has 142 valence electrons. The third-order valence-electron chi connectivity index (χ3n) is 4.14. The van der Waals surface area contributed by atoms with Gasteiger partial charge in [0.15, 0.2) is 0 Å². The summed E-state index contributed by atoms with van der Waals surface area (Å²) in [7, 11) is 0. The Balaban J connectivity index is 0.00000261. The number of hydrogen-bond acceptors (Lipinski definition) is 3. The molecule has 3 aromatic rings. The number of aryl methyl sites for hydroxylation is 1. The SMILES string of the molecule is Cl.O=C(CCCc1ccccc1)OC(Cn1ccnc1)c1ccc(Cl)cc1. The van der Waals surface area contributed by atoms with Crippen LogP contribution in [0.15, 0.2) is 73.3 Å². The molecule has 1 heterocycles. The molecule has 6 heteroatoms. The van der Waals surface area contributed by atoms with E-state index in [2.05, 4.69) is 17.1 Å². The molecule has 0 N–H and O–H groups in total. The summed E-state index contributed by atoms with van der Waals surface area (Å²) < 4.78 is 7.66. The summed E-state index contributed by atoms with van der Waals surface area (Å²) in [4.78, 5) is 16.4. The summed E-state index contributed by atoms with van der Waals surface area (Å²) in [6.07, 6.45) is 6.93. The molecule has 27 heavy (non-hydrogen) atoms. The first kappa shape index (κ1) is 21.0. The summed E-state index contributed by atoms with van der Waals surface area (Å²) in [6, 6.07) is 17.5. The number of hydrogen-bond donors (Lipinski definition) is 0. The third kappa shape index (κ3) is 6.74. The van der Waals surface area contributed by atoms with E-state index >= 15 is 0 Å². The Labute approximate surface area is 170 Å². The van der Waals surface area contributed by atoms with Crippen LogP contribution in [0.5, 0.6) is 0 Å². The van der Waals surface area contributed by atoms with Crippen molar-refractivity contribution in [1.29, 1.82) is 0 Å². The zero-order chi connectivity index (χ0) is 18.2. The van der Waals surface area contributed by atoms with Crippen LogP contribution >= 0.6 is 24.0 Å². The van der Waals surface area contributed by atoms with Crippen molar-refractivity contribution in [2.24, 2.45) is 0 Å². The van der Waals surface area contributed by atoms with Crippen LogP contribution in [-0.2, 0) is 22.5 Å². The molecule has 0 bridgehead atoms. The maximum absolute atomic E-state index is 12.3. The fourth-order valence-electron chi connectivity index (χ4n) is 2.77. The van der Waals surface area contributed by atoms with Gasteiger partial charge < -0.3 is 9.30 Å². The topological polar surface area (TPSA) is 44.1 Å². The van der Waals surface area contributed by atoms with Crippen LogP contribution in [0.3, 0.4) is 0 Å². The van der Waals surface area contributed by atoms with Gasteiger partial charge in [0.1, 0.15) is 6.10 Å². The highest BCUT2D eigenvalue weighted by Gasteiger charge is 2.17. The molecule has 0 fully saturated rings. The van der Waals surface area contributed by atoms with Gasteiger partial charge in [-0.3, -0.25) is 4.79 Å². The number of imidazole rings is 1. The molecule has 0 spiro atoms. The predicted molar refractivity (Wildman–Crippen MR) is 109 cm³/mol. The molecule has 0 amide bonds. The first-order chi connectivity index (χ1) is 12.7. The van der Waals surface area contributed by atoms with Crippen LogP contribution in [-0.4, -0.2) is 15.5 Å². The molecule has 0 aliphatic heterocycles. The fourth-order valence-corrected chi connectivity index (χ4v) is 2.90. The summed E-state index contributed by atoms with van der Waals surface area (Å²) in [5.74, 6) is -0.194. The van der Waals surface area contributed by atoms with Gasteiger partial charge in [0.05, 0.1) is 12.9 Å². The predicted octanol–water partition coefficient (Wildman–Crippen LogP) is 5.27. The quantitative estimate of drug-likeness (QED) is 0.480. The van der Waals surface area contributed by atoms with E-state index in [0.29, 0.717) is 18.0 Å². The van der Waals surface area contributed by atoms with E-state index in [1.54, 1.807) is 24.7 Å². The molecule has 0 radical (unpaired) electrons. The number of ether oxygens (including phenoxy) is 1. The highest BCUT2D eigenvalue weighted by Crippen LogP contribution is 2.23. The number of rotatable bonds is 8. The van der Waals surface area contributed by atoms with Crippen molar-refractivity contribution in [3.63, 3.8) is 0 Å². The Morgan fingerprint density at radius 3 is 2.52 bits per heavy atom. The number of halogens is 2. The fraction of sp³-hybridized carbons (Fsp3) is 0.238. The van der Waals surface area contributed by atoms with Crippen LogP contribution in [0, 0.1) is 0 Å².